The van der Waals surface area contributed by atoms with Crippen molar-refractivity contribution in [2.24, 2.45) is 0 Å². The maximum atomic E-state index is 5.37. The Hall–Kier alpha value is -1.12. The van der Waals surface area contributed by atoms with Crippen molar-refractivity contribution in [3.05, 3.63) is 47.5 Å². The summed E-state index contributed by atoms with van der Waals surface area (Å²) in [6.45, 7) is 7.09. The van der Waals surface area contributed by atoms with Crippen LogP contribution in [0.4, 0.5) is 0 Å². The highest BCUT2D eigenvalue weighted by atomic mass is 16.5. The summed E-state index contributed by atoms with van der Waals surface area (Å²) < 4.78 is 5.37. The molecule has 0 radical (unpaired) electrons. The van der Waals surface area contributed by atoms with E-state index in [4.69, 9.17) is 4.74 Å². The zero-order valence-electron chi connectivity index (χ0n) is 10.6. The lowest BCUT2D eigenvalue weighted by molar-refractivity contribution is 0.0420. The van der Waals surface area contributed by atoms with E-state index in [0.717, 1.165) is 39.3 Å². The molecule has 1 saturated heterocycles. The van der Waals surface area contributed by atoms with E-state index in [1.54, 1.807) is 0 Å². The topological polar surface area (TPSA) is 12.5 Å². The van der Waals surface area contributed by atoms with E-state index >= 15 is 0 Å². The van der Waals surface area contributed by atoms with Crippen LogP contribution >= 0.6 is 0 Å². The molecule has 0 aliphatic carbocycles. The van der Waals surface area contributed by atoms with Crippen molar-refractivity contribution in [3.63, 3.8) is 0 Å². The minimum Gasteiger partial charge on any atom is -0.379 e. The van der Waals surface area contributed by atoms with Gasteiger partial charge in [0.1, 0.15) is 0 Å². The molecule has 1 aromatic carbocycles. The van der Waals surface area contributed by atoms with Gasteiger partial charge in [0, 0.05) is 19.6 Å². The van der Waals surface area contributed by atoms with Crippen LogP contribution in [-0.4, -0.2) is 37.7 Å². The summed E-state index contributed by atoms with van der Waals surface area (Å²) in [5.74, 6) is 0. The van der Waals surface area contributed by atoms with Crippen molar-refractivity contribution in [1.82, 2.24) is 4.90 Å². The summed E-state index contributed by atoms with van der Waals surface area (Å²) in [6, 6.07) is 10.7. The quantitative estimate of drug-likeness (QED) is 0.738. The Morgan fingerprint density at radius 3 is 2.59 bits per heavy atom. The highest BCUT2D eigenvalue weighted by molar-refractivity contribution is 5.22. The first-order valence-corrected chi connectivity index (χ1v) is 6.36. The van der Waals surface area contributed by atoms with Crippen molar-refractivity contribution >= 4 is 0 Å². The molecular formula is C15H21NO. The van der Waals surface area contributed by atoms with Crippen molar-refractivity contribution in [1.29, 1.82) is 0 Å². The van der Waals surface area contributed by atoms with E-state index in [-0.39, 0.29) is 0 Å². The summed E-state index contributed by atoms with van der Waals surface area (Å²) in [5.41, 5.74) is 2.90. The van der Waals surface area contributed by atoms with Gasteiger partial charge in [-0.3, -0.25) is 4.90 Å². The lowest BCUT2D eigenvalue weighted by Gasteiger charge is -2.27. The lowest BCUT2D eigenvalue weighted by Crippen LogP contribution is -2.37. The van der Waals surface area contributed by atoms with Crippen LogP contribution in [0, 0.1) is 0 Å². The van der Waals surface area contributed by atoms with Gasteiger partial charge in [-0.25, -0.2) is 0 Å². The Kier molecular flexibility index (Phi) is 4.77. The summed E-state index contributed by atoms with van der Waals surface area (Å²) in [4.78, 5) is 2.47. The third kappa shape index (κ3) is 3.99. The van der Waals surface area contributed by atoms with Crippen molar-refractivity contribution in [2.45, 2.75) is 13.3 Å². The first kappa shape index (κ1) is 12.3. The second-order valence-electron chi connectivity index (χ2n) is 4.50. The Morgan fingerprint density at radius 1 is 1.24 bits per heavy atom. The fraction of sp³-hybridized carbons (Fsp3) is 0.467. The number of hydrogen-bond acceptors (Lipinski definition) is 2. The van der Waals surface area contributed by atoms with E-state index in [9.17, 15) is 0 Å². The largest absolute Gasteiger partial charge is 0.379 e. The molecular weight excluding hydrogens is 210 g/mol. The number of ether oxygens (including phenoxy) is 1. The van der Waals surface area contributed by atoms with Crippen LogP contribution < -0.4 is 0 Å². The minimum atomic E-state index is 0.877. The molecule has 0 N–H and O–H groups in total. The van der Waals surface area contributed by atoms with Crippen LogP contribution in [0.3, 0.4) is 0 Å². The average Bonchev–Trinajstić information content (AvgIpc) is 2.40. The predicted molar refractivity (Wildman–Crippen MR) is 71.2 cm³/mol. The van der Waals surface area contributed by atoms with E-state index < -0.39 is 0 Å². The molecule has 0 atom stereocenters. The van der Waals surface area contributed by atoms with Gasteiger partial charge in [-0.05, 0) is 18.9 Å². The fourth-order valence-electron chi connectivity index (χ4n) is 2.15. The Bertz CT molecular complexity index is 352. The van der Waals surface area contributed by atoms with Crippen LogP contribution in [-0.2, 0) is 11.2 Å². The Morgan fingerprint density at radius 2 is 1.94 bits per heavy atom. The van der Waals surface area contributed by atoms with Crippen LogP contribution in [0.2, 0.25) is 0 Å². The number of hydrogen-bond donors (Lipinski definition) is 0. The fourth-order valence-corrected chi connectivity index (χ4v) is 2.15. The number of nitrogens with zero attached hydrogens (tertiary/aromatic N) is 1. The monoisotopic (exact) mass is 231 g/mol. The highest BCUT2D eigenvalue weighted by Crippen LogP contribution is 2.10. The summed E-state index contributed by atoms with van der Waals surface area (Å²) in [6.07, 6.45) is 3.32. The van der Waals surface area contributed by atoms with Gasteiger partial charge in [0.25, 0.3) is 0 Å². The van der Waals surface area contributed by atoms with Gasteiger partial charge in [0.2, 0.25) is 0 Å². The molecule has 2 nitrogen and oxygen atoms in total. The van der Waals surface area contributed by atoms with Gasteiger partial charge in [-0.15, -0.1) is 0 Å². The number of morpholine rings is 1. The maximum Gasteiger partial charge on any atom is 0.0594 e. The molecule has 0 spiro atoms. The van der Waals surface area contributed by atoms with E-state index in [1.165, 1.54) is 11.1 Å². The smallest absolute Gasteiger partial charge is 0.0594 e. The van der Waals surface area contributed by atoms with Crippen LogP contribution in [0.15, 0.2) is 42.0 Å². The molecule has 0 unspecified atom stereocenters. The number of allylic oxidation sites excluding steroid dienone is 1. The third-order valence-corrected chi connectivity index (χ3v) is 3.21. The van der Waals surface area contributed by atoms with E-state index in [1.807, 2.05) is 0 Å². The van der Waals surface area contributed by atoms with Crippen LogP contribution in [0.1, 0.15) is 12.5 Å². The standard InChI is InChI=1S/C15H21NO/c1-2-14(12-15-6-4-3-5-7-15)13-16-8-10-17-11-9-16/h2-7H,8-13H2,1H3/b14-2-. The van der Waals surface area contributed by atoms with Gasteiger partial charge in [-0.1, -0.05) is 42.0 Å². The van der Waals surface area contributed by atoms with Crippen molar-refractivity contribution in [2.75, 3.05) is 32.8 Å². The molecule has 2 heteroatoms. The summed E-state index contributed by atoms with van der Waals surface area (Å²) in [7, 11) is 0. The highest BCUT2D eigenvalue weighted by Gasteiger charge is 2.11. The van der Waals surface area contributed by atoms with Gasteiger partial charge < -0.3 is 4.74 Å². The molecule has 0 amide bonds. The SMILES string of the molecule is C/C=C(/Cc1ccccc1)CN1CCOCC1. The second-order valence-corrected chi connectivity index (χ2v) is 4.50. The molecule has 0 aromatic heterocycles. The van der Waals surface area contributed by atoms with Gasteiger partial charge >= 0.3 is 0 Å². The predicted octanol–water partition coefficient (Wildman–Crippen LogP) is 2.51. The third-order valence-electron chi connectivity index (χ3n) is 3.21. The number of benzene rings is 1. The van der Waals surface area contributed by atoms with Crippen LogP contribution in [0.5, 0.6) is 0 Å². The molecule has 1 aliphatic rings. The first-order valence-electron chi connectivity index (χ1n) is 6.36. The first-order chi connectivity index (χ1) is 8.38. The molecule has 1 fully saturated rings. The zero-order valence-corrected chi connectivity index (χ0v) is 10.6. The van der Waals surface area contributed by atoms with Crippen molar-refractivity contribution < 1.29 is 4.74 Å². The molecule has 0 bridgehead atoms. The molecule has 2 rings (SSSR count). The second kappa shape index (κ2) is 6.58. The van der Waals surface area contributed by atoms with E-state index in [2.05, 4.69) is 48.2 Å². The zero-order chi connectivity index (χ0) is 11.9. The van der Waals surface area contributed by atoms with Crippen LogP contribution in [0.25, 0.3) is 0 Å². The average molecular weight is 231 g/mol. The molecule has 92 valence electrons. The van der Waals surface area contributed by atoms with Gasteiger partial charge in [0.05, 0.1) is 13.2 Å². The van der Waals surface area contributed by atoms with Gasteiger partial charge in [-0.2, -0.15) is 0 Å². The maximum absolute atomic E-state index is 5.37. The minimum absolute atomic E-state index is 0.877. The molecule has 1 heterocycles. The molecule has 1 aromatic rings. The Labute approximate surface area is 104 Å². The number of rotatable bonds is 4. The summed E-state index contributed by atoms with van der Waals surface area (Å²) >= 11 is 0. The molecule has 17 heavy (non-hydrogen) atoms. The van der Waals surface area contributed by atoms with Gasteiger partial charge in [0.15, 0.2) is 0 Å². The molecule has 1 aliphatic heterocycles. The van der Waals surface area contributed by atoms with Crippen molar-refractivity contribution in [3.8, 4) is 0 Å². The lowest BCUT2D eigenvalue weighted by atomic mass is 10.0. The normalized spacial score (nSPS) is 18.3. The van der Waals surface area contributed by atoms with E-state index in [0.29, 0.717) is 0 Å². The Balaban J connectivity index is 1.89. The summed E-state index contributed by atoms with van der Waals surface area (Å²) in [5, 5.41) is 0. The molecule has 0 saturated carbocycles.